The molecule has 0 aromatic rings. The van der Waals surface area contributed by atoms with Crippen molar-refractivity contribution in [2.75, 3.05) is 13.2 Å². The molecule has 0 saturated heterocycles. The van der Waals surface area contributed by atoms with E-state index >= 15 is 0 Å². The third-order valence-corrected chi connectivity index (χ3v) is 10.0. The van der Waals surface area contributed by atoms with Crippen molar-refractivity contribution in [1.82, 2.24) is 0 Å². The molecule has 0 aromatic heterocycles. The molecule has 306 valence electrons. The second kappa shape index (κ2) is 41.9. The van der Waals surface area contributed by atoms with Gasteiger partial charge in [-0.05, 0) is 38.5 Å². The van der Waals surface area contributed by atoms with E-state index in [4.69, 9.17) is 14.2 Å². The zero-order chi connectivity index (χ0) is 38.0. The molecule has 0 N–H and O–H groups in total. The Morgan fingerprint density at radius 3 is 1.02 bits per heavy atom. The summed E-state index contributed by atoms with van der Waals surface area (Å²) >= 11 is 0. The minimum Gasteiger partial charge on any atom is -0.462 e. The van der Waals surface area contributed by atoms with Crippen LogP contribution in [0.4, 0.5) is 0 Å². The fourth-order valence-corrected chi connectivity index (χ4v) is 6.54. The van der Waals surface area contributed by atoms with Crippen LogP contribution in [0.1, 0.15) is 245 Å². The highest BCUT2D eigenvalue weighted by molar-refractivity contribution is 5.71. The third-order valence-electron chi connectivity index (χ3n) is 10.0. The molecule has 0 aliphatic carbocycles. The summed E-state index contributed by atoms with van der Waals surface area (Å²) in [5.41, 5.74) is 0. The number of allylic oxidation sites excluding steroid dienone is 2. The number of esters is 3. The zero-order valence-corrected chi connectivity index (χ0v) is 34.8. The van der Waals surface area contributed by atoms with Gasteiger partial charge in [-0.1, -0.05) is 200 Å². The second-order valence-electron chi connectivity index (χ2n) is 15.3. The lowest BCUT2D eigenvalue weighted by atomic mass is 10.0. The smallest absolute Gasteiger partial charge is 0.306 e. The van der Waals surface area contributed by atoms with Gasteiger partial charge in [-0.25, -0.2) is 0 Å². The van der Waals surface area contributed by atoms with Gasteiger partial charge in [-0.2, -0.15) is 0 Å². The Morgan fingerprint density at radius 1 is 0.365 bits per heavy atom. The maximum absolute atomic E-state index is 12.6. The lowest BCUT2D eigenvalue weighted by molar-refractivity contribution is -0.167. The van der Waals surface area contributed by atoms with Crippen LogP contribution >= 0.6 is 0 Å². The number of carbonyl (C=O) groups excluding carboxylic acids is 3. The Morgan fingerprint density at radius 2 is 0.654 bits per heavy atom. The Hall–Kier alpha value is -1.85. The average Bonchev–Trinajstić information content (AvgIpc) is 3.14. The van der Waals surface area contributed by atoms with Crippen molar-refractivity contribution in [3.63, 3.8) is 0 Å². The van der Waals surface area contributed by atoms with Crippen LogP contribution in [-0.2, 0) is 28.6 Å². The van der Waals surface area contributed by atoms with Crippen LogP contribution in [0.25, 0.3) is 0 Å². The first-order valence-corrected chi connectivity index (χ1v) is 22.7. The van der Waals surface area contributed by atoms with E-state index < -0.39 is 6.10 Å². The van der Waals surface area contributed by atoms with Crippen molar-refractivity contribution < 1.29 is 28.6 Å². The predicted molar refractivity (Wildman–Crippen MR) is 220 cm³/mol. The minimum absolute atomic E-state index is 0.0704. The summed E-state index contributed by atoms with van der Waals surface area (Å²) < 4.78 is 16.7. The first kappa shape index (κ1) is 50.1. The largest absolute Gasteiger partial charge is 0.462 e. The molecular weight excluding hydrogens is 649 g/mol. The zero-order valence-electron chi connectivity index (χ0n) is 34.8. The van der Waals surface area contributed by atoms with Gasteiger partial charge in [0.05, 0.1) is 0 Å². The Balaban J connectivity index is 4.29. The Bertz CT molecular complexity index is 809. The summed E-state index contributed by atoms with van der Waals surface area (Å²) in [4.78, 5) is 37.6. The molecule has 0 bridgehead atoms. The molecule has 0 aromatic carbocycles. The standard InChI is InChI=1S/C46H86O6/c1-4-7-10-13-16-19-21-22-23-24-25-28-30-33-36-39-45(48)51-42-43(41-50-44(47)38-35-32-29-26-18-15-12-9-6-3)52-46(49)40-37-34-31-27-20-17-14-11-8-5-2/h14,17,43H,4-13,15-16,18-42H2,1-3H3/b17-14-. The van der Waals surface area contributed by atoms with Crippen molar-refractivity contribution in [3.05, 3.63) is 12.2 Å². The summed E-state index contributed by atoms with van der Waals surface area (Å²) in [5, 5.41) is 0. The quantitative estimate of drug-likeness (QED) is 0.0269. The Labute approximate surface area is 322 Å². The van der Waals surface area contributed by atoms with Gasteiger partial charge in [0.15, 0.2) is 6.10 Å². The van der Waals surface area contributed by atoms with Gasteiger partial charge >= 0.3 is 17.9 Å². The number of hydrogen-bond donors (Lipinski definition) is 0. The summed E-state index contributed by atoms with van der Waals surface area (Å²) in [5.74, 6) is -0.879. The molecule has 52 heavy (non-hydrogen) atoms. The molecule has 6 heteroatoms. The van der Waals surface area contributed by atoms with Gasteiger partial charge in [0.25, 0.3) is 0 Å². The van der Waals surface area contributed by atoms with E-state index in [9.17, 15) is 14.4 Å². The van der Waals surface area contributed by atoms with Crippen molar-refractivity contribution in [2.24, 2.45) is 0 Å². The van der Waals surface area contributed by atoms with Gasteiger partial charge in [0.2, 0.25) is 0 Å². The molecule has 0 aliphatic rings. The highest BCUT2D eigenvalue weighted by Gasteiger charge is 2.19. The van der Waals surface area contributed by atoms with Crippen LogP contribution in [0, 0.1) is 0 Å². The topological polar surface area (TPSA) is 78.9 Å². The summed E-state index contributed by atoms with van der Waals surface area (Å²) in [7, 11) is 0. The van der Waals surface area contributed by atoms with Crippen LogP contribution < -0.4 is 0 Å². The normalized spacial score (nSPS) is 12.0. The predicted octanol–water partition coefficient (Wildman–Crippen LogP) is 14.3. The molecule has 1 atom stereocenters. The van der Waals surface area contributed by atoms with E-state index in [2.05, 4.69) is 32.9 Å². The molecule has 0 aliphatic heterocycles. The van der Waals surface area contributed by atoms with Crippen LogP contribution in [0.3, 0.4) is 0 Å². The van der Waals surface area contributed by atoms with E-state index in [-0.39, 0.29) is 31.1 Å². The van der Waals surface area contributed by atoms with Gasteiger partial charge < -0.3 is 14.2 Å². The van der Waals surface area contributed by atoms with E-state index in [0.717, 1.165) is 77.0 Å². The lowest BCUT2D eigenvalue weighted by Gasteiger charge is -2.18. The van der Waals surface area contributed by atoms with Crippen LogP contribution in [-0.4, -0.2) is 37.2 Å². The monoisotopic (exact) mass is 735 g/mol. The second-order valence-corrected chi connectivity index (χ2v) is 15.3. The summed E-state index contributed by atoms with van der Waals surface area (Å²) in [6.45, 7) is 6.57. The van der Waals surface area contributed by atoms with Gasteiger partial charge in [0, 0.05) is 19.3 Å². The highest BCUT2D eigenvalue weighted by atomic mass is 16.6. The SMILES string of the molecule is CCCC/C=C\CCCCCCC(=O)OC(COC(=O)CCCCCCCCCCC)COC(=O)CCCCCCCCCCCCCCCCC. The molecule has 0 amide bonds. The molecule has 0 heterocycles. The van der Waals surface area contributed by atoms with E-state index in [1.807, 2.05) is 0 Å². The molecule has 0 rings (SSSR count). The van der Waals surface area contributed by atoms with Crippen molar-refractivity contribution in [1.29, 1.82) is 0 Å². The van der Waals surface area contributed by atoms with E-state index in [1.165, 1.54) is 128 Å². The van der Waals surface area contributed by atoms with Crippen LogP contribution in [0.5, 0.6) is 0 Å². The minimum atomic E-state index is -0.766. The molecule has 0 radical (unpaired) electrons. The average molecular weight is 735 g/mol. The van der Waals surface area contributed by atoms with Crippen LogP contribution in [0.15, 0.2) is 12.2 Å². The number of unbranched alkanes of at least 4 members (excludes halogenated alkanes) is 28. The number of rotatable bonds is 41. The van der Waals surface area contributed by atoms with Gasteiger partial charge in [0.1, 0.15) is 13.2 Å². The van der Waals surface area contributed by atoms with Gasteiger partial charge in [-0.3, -0.25) is 14.4 Å². The summed E-state index contributed by atoms with van der Waals surface area (Å²) in [6, 6.07) is 0. The first-order valence-electron chi connectivity index (χ1n) is 22.7. The van der Waals surface area contributed by atoms with E-state index in [1.54, 1.807) is 0 Å². The first-order chi connectivity index (χ1) is 25.5. The highest BCUT2D eigenvalue weighted by Crippen LogP contribution is 2.15. The Kier molecular flexibility index (Phi) is 40.4. The molecule has 1 unspecified atom stereocenters. The van der Waals surface area contributed by atoms with E-state index in [0.29, 0.717) is 19.3 Å². The molecule has 0 saturated carbocycles. The summed E-state index contributed by atoms with van der Waals surface area (Å²) in [6.07, 6.45) is 43.4. The molecular formula is C46H86O6. The van der Waals surface area contributed by atoms with Crippen LogP contribution in [0.2, 0.25) is 0 Å². The number of carbonyl (C=O) groups is 3. The molecule has 0 spiro atoms. The lowest BCUT2D eigenvalue weighted by Crippen LogP contribution is -2.30. The number of ether oxygens (including phenoxy) is 3. The third kappa shape index (κ3) is 39.4. The maximum atomic E-state index is 12.6. The maximum Gasteiger partial charge on any atom is 0.306 e. The van der Waals surface area contributed by atoms with Crippen molar-refractivity contribution >= 4 is 17.9 Å². The number of hydrogen-bond acceptors (Lipinski definition) is 6. The van der Waals surface area contributed by atoms with Crippen molar-refractivity contribution in [2.45, 2.75) is 252 Å². The van der Waals surface area contributed by atoms with Gasteiger partial charge in [-0.15, -0.1) is 0 Å². The molecule has 0 fully saturated rings. The van der Waals surface area contributed by atoms with Crippen molar-refractivity contribution in [3.8, 4) is 0 Å². The fraction of sp³-hybridized carbons (Fsp3) is 0.891. The fourth-order valence-electron chi connectivity index (χ4n) is 6.54. The molecule has 6 nitrogen and oxygen atoms in total.